The van der Waals surface area contributed by atoms with E-state index in [1.54, 1.807) is 35.1 Å². The fourth-order valence-electron chi connectivity index (χ4n) is 3.82. The van der Waals surface area contributed by atoms with Crippen LogP contribution >= 0.6 is 0 Å². The third-order valence-corrected chi connectivity index (χ3v) is 5.39. The SMILES string of the molecule is CCCc1c(C(=O)N(C)C2CCCCC2)cnn1-c1ccc(C(=O)O)cc1. The largest absolute Gasteiger partial charge is 0.478 e. The Bertz CT molecular complexity index is 805. The standard InChI is InChI=1S/C21H27N3O3/c1-3-7-19-18(20(25)23(2)16-8-5-4-6-9-16)14-22-24(19)17-12-10-15(11-13-17)21(26)27/h10-14,16H,3-9H2,1-2H3,(H,26,27). The van der Waals surface area contributed by atoms with Crippen molar-refractivity contribution >= 4 is 11.9 Å². The number of nitrogens with zero attached hydrogens (tertiary/aromatic N) is 3. The summed E-state index contributed by atoms with van der Waals surface area (Å²) in [6.07, 6.45) is 9.03. The van der Waals surface area contributed by atoms with Gasteiger partial charge in [0, 0.05) is 13.1 Å². The number of hydrogen-bond acceptors (Lipinski definition) is 3. The normalized spacial score (nSPS) is 14.9. The van der Waals surface area contributed by atoms with Gasteiger partial charge in [-0.1, -0.05) is 32.6 Å². The first-order chi connectivity index (χ1) is 13.0. The van der Waals surface area contributed by atoms with E-state index in [0.717, 1.165) is 37.1 Å². The van der Waals surface area contributed by atoms with Crippen molar-refractivity contribution < 1.29 is 14.7 Å². The molecule has 1 aliphatic rings. The van der Waals surface area contributed by atoms with Crippen molar-refractivity contribution in [3.05, 3.63) is 47.3 Å². The molecular weight excluding hydrogens is 342 g/mol. The Morgan fingerprint density at radius 3 is 2.44 bits per heavy atom. The van der Waals surface area contributed by atoms with Gasteiger partial charge in [0.1, 0.15) is 0 Å². The predicted molar refractivity (Wildman–Crippen MR) is 103 cm³/mol. The van der Waals surface area contributed by atoms with Crippen LogP contribution in [0.4, 0.5) is 0 Å². The molecule has 0 unspecified atom stereocenters. The van der Waals surface area contributed by atoms with Crippen molar-refractivity contribution in [3.8, 4) is 5.69 Å². The quantitative estimate of drug-likeness (QED) is 0.837. The van der Waals surface area contributed by atoms with Gasteiger partial charge in [-0.05, 0) is 43.5 Å². The van der Waals surface area contributed by atoms with Crippen molar-refractivity contribution in [2.45, 2.75) is 57.9 Å². The summed E-state index contributed by atoms with van der Waals surface area (Å²) < 4.78 is 1.76. The maximum absolute atomic E-state index is 13.1. The first kappa shape index (κ1) is 19.1. The van der Waals surface area contributed by atoms with Crippen LogP contribution in [0.15, 0.2) is 30.5 Å². The topological polar surface area (TPSA) is 75.4 Å². The van der Waals surface area contributed by atoms with Gasteiger partial charge < -0.3 is 10.0 Å². The van der Waals surface area contributed by atoms with Gasteiger partial charge in [0.2, 0.25) is 0 Å². The second-order valence-corrected chi connectivity index (χ2v) is 7.23. The monoisotopic (exact) mass is 369 g/mol. The van der Waals surface area contributed by atoms with Crippen molar-refractivity contribution in [3.63, 3.8) is 0 Å². The predicted octanol–water partition coefficient (Wildman–Crippen LogP) is 3.93. The second-order valence-electron chi connectivity index (χ2n) is 7.23. The molecule has 2 aromatic rings. The summed E-state index contributed by atoms with van der Waals surface area (Å²) >= 11 is 0. The van der Waals surface area contributed by atoms with E-state index in [-0.39, 0.29) is 11.5 Å². The molecule has 1 fully saturated rings. The van der Waals surface area contributed by atoms with E-state index >= 15 is 0 Å². The first-order valence-corrected chi connectivity index (χ1v) is 9.70. The lowest BCUT2D eigenvalue weighted by Crippen LogP contribution is -2.38. The number of aromatic nitrogens is 2. The van der Waals surface area contributed by atoms with Crippen molar-refractivity contribution in [1.82, 2.24) is 14.7 Å². The number of carbonyl (C=O) groups is 2. The van der Waals surface area contributed by atoms with E-state index in [0.29, 0.717) is 11.6 Å². The van der Waals surface area contributed by atoms with E-state index in [1.807, 2.05) is 11.9 Å². The molecule has 6 heteroatoms. The number of rotatable bonds is 6. The molecule has 0 atom stereocenters. The Balaban J connectivity index is 1.90. The third-order valence-electron chi connectivity index (χ3n) is 5.39. The molecule has 0 spiro atoms. The number of benzene rings is 1. The molecule has 1 N–H and O–H groups in total. The summed E-state index contributed by atoms with van der Waals surface area (Å²) in [7, 11) is 1.90. The number of carboxylic acids is 1. The van der Waals surface area contributed by atoms with E-state index in [2.05, 4.69) is 12.0 Å². The lowest BCUT2D eigenvalue weighted by atomic mass is 9.94. The van der Waals surface area contributed by atoms with Crippen LogP contribution in [-0.2, 0) is 6.42 Å². The highest BCUT2D eigenvalue weighted by Gasteiger charge is 2.26. The summed E-state index contributed by atoms with van der Waals surface area (Å²) in [5, 5.41) is 13.5. The molecule has 1 amide bonds. The lowest BCUT2D eigenvalue weighted by molar-refractivity contribution is 0.0687. The van der Waals surface area contributed by atoms with Crippen molar-refractivity contribution in [2.24, 2.45) is 0 Å². The van der Waals surface area contributed by atoms with Crippen molar-refractivity contribution in [1.29, 1.82) is 0 Å². The van der Waals surface area contributed by atoms with E-state index < -0.39 is 5.97 Å². The molecule has 1 aliphatic carbocycles. The fraction of sp³-hybridized carbons (Fsp3) is 0.476. The summed E-state index contributed by atoms with van der Waals surface area (Å²) in [6.45, 7) is 2.07. The molecule has 1 heterocycles. The summed E-state index contributed by atoms with van der Waals surface area (Å²) in [5.41, 5.74) is 2.53. The van der Waals surface area contributed by atoms with Crippen molar-refractivity contribution in [2.75, 3.05) is 7.05 Å². The number of carboxylic acid groups (broad SMARTS) is 1. The molecule has 27 heavy (non-hydrogen) atoms. The smallest absolute Gasteiger partial charge is 0.335 e. The maximum atomic E-state index is 13.1. The number of aromatic carboxylic acids is 1. The Morgan fingerprint density at radius 2 is 1.85 bits per heavy atom. The van der Waals surface area contributed by atoms with Crippen LogP contribution < -0.4 is 0 Å². The Kier molecular flexibility index (Phi) is 5.94. The molecule has 144 valence electrons. The highest BCUT2D eigenvalue weighted by Crippen LogP contribution is 2.25. The van der Waals surface area contributed by atoms with Crippen LogP contribution in [0, 0.1) is 0 Å². The zero-order valence-electron chi connectivity index (χ0n) is 16.0. The Hall–Kier alpha value is -2.63. The van der Waals surface area contributed by atoms with Gasteiger partial charge in [-0.15, -0.1) is 0 Å². The second kappa shape index (κ2) is 8.37. The van der Waals surface area contributed by atoms with E-state index in [4.69, 9.17) is 5.11 Å². The van der Waals surface area contributed by atoms with E-state index in [9.17, 15) is 9.59 Å². The zero-order chi connectivity index (χ0) is 19.4. The molecule has 1 saturated carbocycles. The van der Waals surface area contributed by atoms with Crippen LogP contribution in [0.1, 0.15) is 71.9 Å². The minimum absolute atomic E-state index is 0.0266. The maximum Gasteiger partial charge on any atom is 0.335 e. The number of hydrogen-bond donors (Lipinski definition) is 1. The molecule has 1 aromatic carbocycles. The fourth-order valence-corrected chi connectivity index (χ4v) is 3.82. The van der Waals surface area contributed by atoms with Crippen LogP contribution in [0.5, 0.6) is 0 Å². The van der Waals surface area contributed by atoms with Gasteiger partial charge in [-0.3, -0.25) is 4.79 Å². The van der Waals surface area contributed by atoms with E-state index in [1.165, 1.54) is 19.3 Å². The molecule has 0 radical (unpaired) electrons. The molecule has 3 rings (SSSR count). The minimum atomic E-state index is -0.958. The van der Waals surface area contributed by atoms with Crippen LogP contribution in [0.2, 0.25) is 0 Å². The Morgan fingerprint density at radius 1 is 1.19 bits per heavy atom. The lowest BCUT2D eigenvalue weighted by Gasteiger charge is -2.31. The average Bonchev–Trinajstić information content (AvgIpc) is 3.11. The van der Waals surface area contributed by atoms with Crippen LogP contribution in [0.3, 0.4) is 0 Å². The number of amides is 1. The molecule has 1 aromatic heterocycles. The molecule has 0 saturated heterocycles. The van der Waals surface area contributed by atoms with Crippen LogP contribution in [-0.4, -0.2) is 44.8 Å². The highest BCUT2D eigenvalue weighted by atomic mass is 16.4. The Labute approximate surface area is 159 Å². The van der Waals surface area contributed by atoms with Gasteiger partial charge in [0.15, 0.2) is 0 Å². The van der Waals surface area contributed by atoms with Gasteiger partial charge in [-0.25, -0.2) is 9.48 Å². The number of carbonyl (C=O) groups excluding carboxylic acids is 1. The molecule has 0 aliphatic heterocycles. The summed E-state index contributed by atoms with van der Waals surface area (Å²) in [6, 6.07) is 6.89. The third kappa shape index (κ3) is 4.04. The zero-order valence-corrected chi connectivity index (χ0v) is 16.0. The minimum Gasteiger partial charge on any atom is -0.478 e. The average molecular weight is 369 g/mol. The van der Waals surface area contributed by atoms with Gasteiger partial charge in [-0.2, -0.15) is 5.10 Å². The first-order valence-electron chi connectivity index (χ1n) is 9.70. The van der Waals surface area contributed by atoms with Gasteiger partial charge in [0.25, 0.3) is 5.91 Å². The molecule has 0 bridgehead atoms. The molecule has 6 nitrogen and oxygen atoms in total. The van der Waals surface area contributed by atoms with Gasteiger partial charge in [0.05, 0.1) is 28.7 Å². The molecular formula is C21H27N3O3. The summed E-state index contributed by atoms with van der Waals surface area (Å²) in [4.78, 5) is 26.1. The summed E-state index contributed by atoms with van der Waals surface area (Å²) in [5.74, 6) is -0.931. The highest BCUT2D eigenvalue weighted by molar-refractivity contribution is 5.95. The van der Waals surface area contributed by atoms with Crippen LogP contribution in [0.25, 0.3) is 5.69 Å². The van der Waals surface area contributed by atoms with Gasteiger partial charge >= 0.3 is 5.97 Å².